The molecule has 1 N–H and O–H groups in total. The van der Waals surface area contributed by atoms with Crippen molar-refractivity contribution >= 4 is 11.6 Å². The van der Waals surface area contributed by atoms with Crippen molar-refractivity contribution < 1.29 is 0 Å². The fourth-order valence-corrected chi connectivity index (χ4v) is 2.61. The van der Waals surface area contributed by atoms with Crippen LogP contribution in [0, 0.1) is 6.92 Å². The normalized spacial score (nSPS) is 10.5. The van der Waals surface area contributed by atoms with Crippen molar-refractivity contribution in [1.82, 2.24) is 15.0 Å². The third kappa shape index (κ3) is 4.76. The number of hydrogen-bond donors (Lipinski definition) is 1. The van der Waals surface area contributed by atoms with Gasteiger partial charge in [0.1, 0.15) is 18.0 Å². The quantitative estimate of drug-likeness (QED) is 0.717. The first kappa shape index (κ1) is 16.9. The molecule has 0 bridgehead atoms. The number of benzene rings is 1. The van der Waals surface area contributed by atoms with Gasteiger partial charge in [-0.2, -0.15) is 0 Å². The fraction of sp³-hybridized carbons (Fsp3) is 0.250. The summed E-state index contributed by atoms with van der Waals surface area (Å²) < 4.78 is 0. The van der Waals surface area contributed by atoms with E-state index in [9.17, 15) is 0 Å². The molecule has 128 valence electrons. The minimum absolute atomic E-state index is 0.754. The van der Waals surface area contributed by atoms with Crippen LogP contribution in [-0.2, 0) is 13.0 Å². The molecule has 0 unspecified atom stereocenters. The lowest BCUT2D eigenvalue weighted by Crippen LogP contribution is -2.21. The first-order valence-electron chi connectivity index (χ1n) is 8.43. The number of nitrogens with one attached hydrogen (secondary N) is 1. The van der Waals surface area contributed by atoms with E-state index in [0.717, 1.165) is 31.1 Å². The highest BCUT2D eigenvalue weighted by Crippen LogP contribution is 2.15. The summed E-state index contributed by atoms with van der Waals surface area (Å²) in [5.74, 6) is 1.75. The van der Waals surface area contributed by atoms with E-state index in [2.05, 4.69) is 63.4 Å². The number of pyridine rings is 1. The van der Waals surface area contributed by atoms with Gasteiger partial charge in [-0.05, 0) is 42.2 Å². The van der Waals surface area contributed by atoms with Crippen LogP contribution in [0.5, 0.6) is 0 Å². The highest BCUT2D eigenvalue weighted by Gasteiger charge is 2.05. The number of aryl methyl sites for hydroxylation is 1. The molecule has 2 heterocycles. The standard InChI is InChI=1S/C20H23N5/c1-16-5-3-4-6-18(16)14-22-19-13-20(24-15-23-19)25(2)12-9-17-7-10-21-11-8-17/h3-8,10-11,13,15H,9,12,14H2,1-2H3,(H,22,23,24). The summed E-state index contributed by atoms with van der Waals surface area (Å²) >= 11 is 0. The van der Waals surface area contributed by atoms with E-state index in [-0.39, 0.29) is 0 Å². The average Bonchev–Trinajstić information content (AvgIpc) is 2.66. The smallest absolute Gasteiger partial charge is 0.133 e. The lowest BCUT2D eigenvalue weighted by molar-refractivity contribution is 0.854. The van der Waals surface area contributed by atoms with E-state index in [1.807, 2.05) is 30.6 Å². The molecule has 0 aliphatic rings. The highest BCUT2D eigenvalue weighted by molar-refractivity contribution is 5.48. The Morgan fingerprint density at radius 1 is 1.04 bits per heavy atom. The van der Waals surface area contributed by atoms with Gasteiger partial charge in [0, 0.05) is 38.6 Å². The number of rotatable bonds is 7. The fourth-order valence-electron chi connectivity index (χ4n) is 2.61. The molecule has 3 rings (SSSR count). The predicted molar refractivity (Wildman–Crippen MR) is 102 cm³/mol. The van der Waals surface area contributed by atoms with Crippen LogP contribution in [-0.4, -0.2) is 28.5 Å². The molecule has 2 aromatic heterocycles. The summed E-state index contributed by atoms with van der Waals surface area (Å²) in [5, 5.41) is 3.38. The molecule has 0 saturated heterocycles. The molecule has 0 atom stereocenters. The summed E-state index contributed by atoms with van der Waals surface area (Å²) in [5.41, 5.74) is 3.82. The Bertz CT molecular complexity index is 804. The Labute approximate surface area is 148 Å². The number of hydrogen-bond acceptors (Lipinski definition) is 5. The summed E-state index contributed by atoms with van der Waals surface area (Å²) in [7, 11) is 2.05. The molecular weight excluding hydrogens is 310 g/mol. The van der Waals surface area contributed by atoms with Gasteiger partial charge in [-0.3, -0.25) is 4.98 Å². The Hall–Kier alpha value is -2.95. The van der Waals surface area contributed by atoms with Crippen LogP contribution in [0.15, 0.2) is 61.2 Å². The van der Waals surface area contributed by atoms with Gasteiger partial charge in [-0.15, -0.1) is 0 Å². The van der Waals surface area contributed by atoms with Crippen molar-refractivity contribution in [2.75, 3.05) is 23.8 Å². The molecule has 0 aliphatic carbocycles. The summed E-state index contributed by atoms with van der Waals surface area (Å²) in [6, 6.07) is 14.4. The summed E-state index contributed by atoms with van der Waals surface area (Å²) in [6.07, 6.45) is 6.22. The molecule has 0 radical (unpaired) electrons. The molecular formula is C20H23N5. The second-order valence-electron chi connectivity index (χ2n) is 6.07. The largest absolute Gasteiger partial charge is 0.366 e. The van der Waals surface area contributed by atoms with Gasteiger partial charge in [-0.25, -0.2) is 9.97 Å². The molecule has 0 saturated carbocycles. The molecule has 5 heteroatoms. The zero-order valence-electron chi connectivity index (χ0n) is 14.7. The Kier molecular flexibility index (Phi) is 5.57. The van der Waals surface area contributed by atoms with Crippen molar-refractivity contribution in [3.05, 3.63) is 77.9 Å². The van der Waals surface area contributed by atoms with E-state index in [1.165, 1.54) is 16.7 Å². The molecule has 0 amide bonds. The van der Waals surface area contributed by atoms with Crippen LogP contribution in [0.1, 0.15) is 16.7 Å². The Morgan fingerprint density at radius 3 is 2.64 bits per heavy atom. The second-order valence-corrected chi connectivity index (χ2v) is 6.07. The Balaban J connectivity index is 1.59. The van der Waals surface area contributed by atoms with Crippen LogP contribution < -0.4 is 10.2 Å². The average molecular weight is 333 g/mol. The predicted octanol–water partition coefficient (Wildman–Crippen LogP) is 3.47. The van der Waals surface area contributed by atoms with Crippen LogP contribution >= 0.6 is 0 Å². The molecule has 25 heavy (non-hydrogen) atoms. The highest BCUT2D eigenvalue weighted by atomic mass is 15.2. The monoisotopic (exact) mass is 333 g/mol. The van der Waals surface area contributed by atoms with Crippen molar-refractivity contribution in [3.63, 3.8) is 0 Å². The maximum Gasteiger partial charge on any atom is 0.133 e. The van der Waals surface area contributed by atoms with E-state index >= 15 is 0 Å². The topological polar surface area (TPSA) is 53.9 Å². The van der Waals surface area contributed by atoms with Crippen molar-refractivity contribution in [2.24, 2.45) is 0 Å². The van der Waals surface area contributed by atoms with Gasteiger partial charge in [0.05, 0.1) is 0 Å². The van der Waals surface area contributed by atoms with Crippen molar-refractivity contribution in [2.45, 2.75) is 19.9 Å². The number of aromatic nitrogens is 3. The lowest BCUT2D eigenvalue weighted by Gasteiger charge is -2.18. The van der Waals surface area contributed by atoms with Crippen LogP contribution in [0.2, 0.25) is 0 Å². The number of likely N-dealkylation sites (N-methyl/N-ethyl adjacent to an activating group) is 1. The van der Waals surface area contributed by atoms with Crippen LogP contribution in [0.25, 0.3) is 0 Å². The molecule has 0 aliphatic heterocycles. The van der Waals surface area contributed by atoms with Gasteiger partial charge >= 0.3 is 0 Å². The summed E-state index contributed by atoms with van der Waals surface area (Å²) in [4.78, 5) is 14.9. The maximum absolute atomic E-state index is 4.39. The maximum atomic E-state index is 4.39. The van der Waals surface area contributed by atoms with Gasteiger partial charge in [0.2, 0.25) is 0 Å². The van der Waals surface area contributed by atoms with Gasteiger partial charge in [0.25, 0.3) is 0 Å². The lowest BCUT2D eigenvalue weighted by atomic mass is 10.1. The zero-order chi connectivity index (χ0) is 17.5. The van der Waals surface area contributed by atoms with Crippen molar-refractivity contribution in [3.8, 4) is 0 Å². The minimum atomic E-state index is 0.754. The van der Waals surface area contributed by atoms with E-state index in [1.54, 1.807) is 6.33 Å². The number of anilines is 2. The zero-order valence-corrected chi connectivity index (χ0v) is 14.7. The van der Waals surface area contributed by atoms with Gasteiger partial charge < -0.3 is 10.2 Å². The van der Waals surface area contributed by atoms with E-state index < -0.39 is 0 Å². The number of nitrogens with zero attached hydrogens (tertiary/aromatic N) is 4. The molecule has 0 fully saturated rings. The van der Waals surface area contributed by atoms with Gasteiger partial charge in [-0.1, -0.05) is 24.3 Å². The van der Waals surface area contributed by atoms with Crippen molar-refractivity contribution in [1.29, 1.82) is 0 Å². The van der Waals surface area contributed by atoms with E-state index in [4.69, 9.17) is 0 Å². The van der Waals surface area contributed by atoms with Gasteiger partial charge in [0.15, 0.2) is 0 Å². The molecule has 5 nitrogen and oxygen atoms in total. The first-order chi connectivity index (χ1) is 12.2. The second kappa shape index (κ2) is 8.24. The molecule has 3 aromatic rings. The third-order valence-electron chi connectivity index (χ3n) is 4.25. The first-order valence-corrected chi connectivity index (χ1v) is 8.43. The molecule has 0 spiro atoms. The minimum Gasteiger partial charge on any atom is -0.366 e. The van der Waals surface area contributed by atoms with Crippen LogP contribution in [0.3, 0.4) is 0 Å². The third-order valence-corrected chi connectivity index (χ3v) is 4.25. The Morgan fingerprint density at radius 2 is 1.84 bits per heavy atom. The SMILES string of the molecule is Cc1ccccc1CNc1cc(N(C)CCc2ccncc2)ncn1. The van der Waals surface area contributed by atoms with Crippen LogP contribution in [0.4, 0.5) is 11.6 Å². The van der Waals surface area contributed by atoms with E-state index in [0.29, 0.717) is 0 Å². The molecule has 1 aromatic carbocycles. The summed E-state index contributed by atoms with van der Waals surface area (Å²) in [6.45, 7) is 3.76.